The van der Waals surface area contributed by atoms with Gasteiger partial charge in [-0.25, -0.2) is 0 Å². The highest BCUT2D eigenvalue weighted by molar-refractivity contribution is 5.99. The molecule has 0 saturated heterocycles. The molecular formula is C24H27N2O3+. The maximum Gasteiger partial charge on any atom is 0.291 e. The molecule has 0 bridgehead atoms. The van der Waals surface area contributed by atoms with Gasteiger partial charge in [-0.05, 0) is 29.2 Å². The summed E-state index contributed by atoms with van der Waals surface area (Å²) >= 11 is 0. The molecule has 0 spiro atoms. The van der Waals surface area contributed by atoms with E-state index in [1.54, 1.807) is 17.0 Å². The number of quaternary nitrogens is 1. The van der Waals surface area contributed by atoms with Crippen molar-refractivity contribution >= 4 is 16.9 Å². The lowest BCUT2D eigenvalue weighted by molar-refractivity contribution is -0.857. The zero-order valence-electron chi connectivity index (χ0n) is 17.4. The van der Waals surface area contributed by atoms with Gasteiger partial charge in [-0.15, -0.1) is 0 Å². The quantitative estimate of drug-likeness (QED) is 0.727. The lowest BCUT2D eigenvalue weighted by atomic mass is 9.95. The Labute approximate surface area is 170 Å². The molecule has 5 nitrogen and oxygen atoms in total. The van der Waals surface area contributed by atoms with Gasteiger partial charge in [0.15, 0.2) is 5.43 Å². The predicted molar refractivity (Wildman–Crippen MR) is 114 cm³/mol. The van der Waals surface area contributed by atoms with Crippen LogP contribution in [0.4, 0.5) is 0 Å². The van der Waals surface area contributed by atoms with Crippen LogP contribution in [-0.4, -0.2) is 38.0 Å². The van der Waals surface area contributed by atoms with Crippen molar-refractivity contribution in [2.45, 2.75) is 25.8 Å². The Hall–Kier alpha value is -2.92. The fraction of sp³-hybridized carbons (Fsp3) is 0.333. The van der Waals surface area contributed by atoms with Crippen LogP contribution in [0.1, 0.15) is 53.1 Å². The third kappa shape index (κ3) is 3.36. The molecule has 3 aromatic rings. The van der Waals surface area contributed by atoms with Crippen LogP contribution < -0.4 is 10.3 Å². The summed E-state index contributed by atoms with van der Waals surface area (Å²) in [6.07, 6.45) is 0. The Kier molecular flexibility index (Phi) is 5.01. The zero-order chi connectivity index (χ0) is 20.7. The standard InChI is InChI=1S/C24H26N2O3/c1-15(2)16-9-11-17(12-10-16)21-20-22(27)18-7-5-6-8-19(18)29-23(20)24(28)26(21)14-13-25(3)4/h5-12,15,21H,13-14H2,1-4H3/p+1/t21-/m0/s1. The third-order valence-electron chi connectivity index (χ3n) is 5.64. The highest BCUT2D eigenvalue weighted by atomic mass is 16.3. The number of hydrogen-bond acceptors (Lipinski definition) is 3. The predicted octanol–water partition coefficient (Wildman–Crippen LogP) is 2.61. The molecule has 2 aromatic carbocycles. The van der Waals surface area contributed by atoms with Crippen LogP contribution in [0.2, 0.25) is 0 Å². The van der Waals surface area contributed by atoms with Gasteiger partial charge < -0.3 is 14.2 Å². The van der Waals surface area contributed by atoms with E-state index in [-0.39, 0.29) is 17.1 Å². The highest BCUT2D eigenvalue weighted by Crippen LogP contribution is 2.38. The summed E-state index contributed by atoms with van der Waals surface area (Å²) < 4.78 is 5.95. The summed E-state index contributed by atoms with van der Waals surface area (Å²) in [6, 6.07) is 15.0. The summed E-state index contributed by atoms with van der Waals surface area (Å²) in [5.41, 5.74) is 2.97. The van der Waals surface area contributed by atoms with Gasteiger partial charge in [0.25, 0.3) is 5.91 Å². The van der Waals surface area contributed by atoms with Crippen molar-refractivity contribution in [1.82, 2.24) is 4.90 Å². The van der Waals surface area contributed by atoms with Crippen LogP contribution in [0.25, 0.3) is 11.0 Å². The molecule has 0 aliphatic carbocycles. The first-order chi connectivity index (χ1) is 13.9. The van der Waals surface area contributed by atoms with E-state index in [9.17, 15) is 9.59 Å². The molecule has 1 amide bonds. The van der Waals surface area contributed by atoms with Crippen LogP contribution >= 0.6 is 0 Å². The number of para-hydroxylation sites is 1. The average Bonchev–Trinajstić information content (AvgIpc) is 2.99. The van der Waals surface area contributed by atoms with Gasteiger partial charge in [-0.1, -0.05) is 50.2 Å². The van der Waals surface area contributed by atoms with Crippen molar-refractivity contribution in [2.75, 3.05) is 27.2 Å². The molecule has 0 radical (unpaired) electrons. The van der Waals surface area contributed by atoms with Crippen LogP contribution in [0, 0.1) is 0 Å². The Balaban J connectivity index is 1.89. The van der Waals surface area contributed by atoms with E-state index in [1.165, 1.54) is 10.5 Å². The van der Waals surface area contributed by atoms with Crippen molar-refractivity contribution < 1.29 is 14.1 Å². The third-order valence-corrected chi connectivity index (χ3v) is 5.64. The van der Waals surface area contributed by atoms with E-state index in [2.05, 4.69) is 40.1 Å². The minimum absolute atomic E-state index is 0.118. The van der Waals surface area contributed by atoms with Crippen molar-refractivity contribution in [3.63, 3.8) is 0 Å². The van der Waals surface area contributed by atoms with Crippen LogP contribution in [0.15, 0.2) is 57.7 Å². The topological polar surface area (TPSA) is 55.0 Å². The van der Waals surface area contributed by atoms with Crippen molar-refractivity contribution in [1.29, 1.82) is 0 Å². The maximum absolute atomic E-state index is 13.4. The molecule has 1 aliphatic rings. The van der Waals surface area contributed by atoms with E-state index < -0.39 is 6.04 Å². The molecule has 1 atom stereocenters. The lowest BCUT2D eigenvalue weighted by Gasteiger charge is -2.25. The van der Waals surface area contributed by atoms with E-state index in [0.717, 1.165) is 12.1 Å². The minimum atomic E-state index is -0.418. The van der Waals surface area contributed by atoms with Crippen LogP contribution in [0.5, 0.6) is 0 Å². The van der Waals surface area contributed by atoms with Gasteiger partial charge in [-0.2, -0.15) is 0 Å². The van der Waals surface area contributed by atoms with E-state index in [1.807, 2.05) is 24.3 Å². The van der Waals surface area contributed by atoms with Gasteiger partial charge in [-0.3, -0.25) is 9.59 Å². The summed E-state index contributed by atoms with van der Waals surface area (Å²) in [5.74, 6) is 0.395. The number of fused-ring (bicyclic) bond motifs is 2. The number of hydrogen-bond donors (Lipinski definition) is 1. The van der Waals surface area contributed by atoms with E-state index >= 15 is 0 Å². The van der Waals surface area contributed by atoms with Crippen molar-refractivity contribution in [2.24, 2.45) is 0 Å². The highest BCUT2D eigenvalue weighted by Gasteiger charge is 2.42. The molecule has 4 rings (SSSR count). The maximum atomic E-state index is 13.4. The normalized spacial score (nSPS) is 16.3. The number of carbonyl (C=O) groups excluding carboxylic acids is 1. The van der Waals surface area contributed by atoms with Gasteiger partial charge in [0.2, 0.25) is 5.76 Å². The molecule has 1 aliphatic heterocycles. The molecular weight excluding hydrogens is 364 g/mol. The lowest BCUT2D eigenvalue weighted by Crippen LogP contribution is -3.06. The second kappa shape index (κ2) is 7.48. The van der Waals surface area contributed by atoms with E-state index in [4.69, 9.17) is 4.42 Å². The minimum Gasteiger partial charge on any atom is -0.450 e. The number of amides is 1. The molecule has 1 aromatic heterocycles. The van der Waals surface area contributed by atoms with Crippen LogP contribution in [0.3, 0.4) is 0 Å². The Morgan fingerprint density at radius 3 is 2.38 bits per heavy atom. The summed E-state index contributed by atoms with van der Waals surface area (Å²) in [6.45, 7) is 5.64. The fourth-order valence-electron chi connectivity index (χ4n) is 3.95. The first-order valence-corrected chi connectivity index (χ1v) is 10.1. The number of benzene rings is 2. The smallest absolute Gasteiger partial charge is 0.291 e. The van der Waals surface area contributed by atoms with Gasteiger partial charge in [0.05, 0.1) is 44.2 Å². The number of likely N-dealkylation sites (N-methyl/N-ethyl adjacent to an activating group) is 1. The number of nitrogens with zero attached hydrogens (tertiary/aromatic N) is 1. The molecule has 1 N–H and O–H groups in total. The molecule has 5 heteroatoms. The molecule has 29 heavy (non-hydrogen) atoms. The largest absolute Gasteiger partial charge is 0.450 e. The SMILES string of the molecule is CC(C)c1ccc([C@H]2c3c(oc4ccccc4c3=O)C(=O)N2CC[NH+](C)C)cc1. The Morgan fingerprint density at radius 2 is 1.72 bits per heavy atom. The zero-order valence-corrected chi connectivity index (χ0v) is 17.4. The van der Waals surface area contributed by atoms with Gasteiger partial charge in [0.1, 0.15) is 5.58 Å². The molecule has 2 heterocycles. The Morgan fingerprint density at radius 1 is 1.03 bits per heavy atom. The summed E-state index contributed by atoms with van der Waals surface area (Å²) in [4.78, 5) is 29.6. The molecule has 0 fully saturated rings. The second-order valence-electron chi connectivity index (χ2n) is 8.35. The van der Waals surface area contributed by atoms with Gasteiger partial charge >= 0.3 is 0 Å². The molecule has 150 valence electrons. The molecule has 0 unspecified atom stereocenters. The van der Waals surface area contributed by atoms with E-state index in [0.29, 0.717) is 29.0 Å². The first kappa shape index (κ1) is 19.4. The van der Waals surface area contributed by atoms with Crippen molar-refractivity contribution in [3.8, 4) is 0 Å². The van der Waals surface area contributed by atoms with Gasteiger partial charge in [0, 0.05) is 0 Å². The molecule has 0 saturated carbocycles. The number of rotatable bonds is 5. The van der Waals surface area contributed by atoms with Crippen molar-refractivity contribution in [3.05, 3.63) is 81.2 Å². The summed E-state index contributed by atoms with van der Waals surface area (Å²) in [7, 11) is 4.11. The monoisotopic (exact) mass is 391 g/mol. The second-order valence-corrected chi connectivity index (χ2v) is 8.35. The number of nitrogens with one attached hydrogen (secondary N) is 1. The van der Waals surface area contributed by atoms with Crippen LogP contribution in [-0.2, 0) is 0 Å². The number of carbonyl (C=O) groups is 1. The Bertz CT molecular complexity index is 1110. The fourth-order valence-corrected chi connectivity index (χ4v) is 3.95. The summed E-state index contributed by atoms with van der Waals surface area (Å²) in [5, 5.41) is 0.517. The first-order valence-electron chi connectivity index (χ1n) is 10.1. The average molecular weight is 391 g/mol.